The lowest BCUT2D eigenvalue weighted by atomic mass is 10.1. The first-order valence-electron chi connectivity index (χ1n) is 7.06. The van der Waals surface area contributed by atoms with Crippen molar-refractivity contribution in [1.29, 1.82) is 0 Å². The molecule has 2 amide bonds. The quantitative estimate of drug-likeness (QED) is 0.893. The maximum Gasteiger partial charge on any atom is 0.231 e. The molecule has 0 aliphatic carbocycles. The van der Waals surface area contributed by atoms with Crippen molar-refractivity contribution in [2.75, 3.05) is 26.0 Å². The number of amides is 2. The number of likely N-dealkylation sites (tertiary alicyclic amines) is 1. The van der Waals surface area contributed by atoms with Crippen LogP contribution in [0.2, 0.25) is 0 Å². The molecule has 1 aliphatic heterocycles. The summed E-state index contributed by atoms with van der Waals surface area (Å²) in [6, 6.07) is 0.141. The summed E-state index contributed by atoms with van der Waals surface area (Å²) >= 11 is 1.42. The molecule has 7 heteroatoms. The normalized spacial score (nSPS) is 18.9. The van der Waals surface area contributed by atoms with Crippen LogP contribution in [0.15, 0.2) is 5.38 Å². The molecule has 1 fully saturated rings. The number of nitrogens with zero attached hydrogens (tertiary/aromatic N) is 3. The van der Waals surface area contributed by atoms with Gasteiger partial charge in [0.2, 0.25) is 11.8 Å². The fourth-order valence-corrected chi connectivity index (χ4v) is 3.08. The number of nitrogens with one attached hydrogen (secondary N) is 1. The number of hydrogen-bond donors (Lipinski definition) is 1. The predicted octanol–water partition coefficient (Wildman–Crippen LogP) is 1.40. The van der Waals surface area contributed by atoms with Gasteiger partial charge >= 0.3 is 0 Å². The molecule has 0 spiro atoms. The Morgan fingerprint density at radius 1 is 1.57 bits per heavy atom. The van der Waals surface area contributed by atoms with Crippen molar-refractivity contribution in [3.05, 3.63) is 11.1 Å². The zero-order valence-electron chi connectivity index (χ0n) is 12.9. The Kier molecular flexibility index (Phi) is 4.95. The van der Waals surface area contributed by atoms with Crippen molar-refractivity contribution in [1.82, 2.24) is 14.8 Å². The van der Waals surface area contributed by atoms with Gasteiger partial charge in [0, 0.05) is 30.9 Å². The molecule has 1 N–H and O–H groups in total. The summed E-state index contributed by atoms with van der Waals surface area (Å²) < 4.78 is 0. The Morgan fingerprint density at radius 3 is 2.86 bits per heavy atom. The number of anilines is 1. The third kappa shape index (κ3) is 4.01. The molecule has 1 saturated heterocycles. The highest BCUT2D eigenvalue weighted by molar-refractivity contribution is 7.13. The first-order valence-corrected chi connectivity index (χ1v) is 7.94. The van der Waals surface area contributed by atoms with E-state index in [-0.39, 0.29) is 23.8 Å². The van der Waals surface area contributed by atoms with Crippen LogP contribution in [0.5, 0.6) is 0 Å². The van der Waals surface area contributed by atoms with E-state index in [1.165, 1.54) is 11.3 Å². The maximum atomic E-state index is 12.2. The van der Waals surface area contributed by atoms with Crippen molar-refractivity contribution < 1.29 is 9.59 Å². The summed E-state index contributed by atoms with van der Waals surface area (Å²) in [7, 11) is 3.95. The molecule has 0 aromatic carbocycles. The largest absolute Gasteiger partial charge is 0.339 e. The Hall–Kier alpha value is -1.47. The second kappa shape index (κ2) is 6.53. The van der Waals surface area contributed by atoms with Crippen LogP contribution >= 0.6 is 11.3 Å². The molecule has 0 bridgehead atoms. The van der Waals surface area contributed by atoms with Gasteiger partial charge in [-0.3, -0.25) is 9.59 Å². The van der Waals surface area contributed by atoms with Gasteiger partial charge in [0.15, 0.2) is 5.13 Å². The van der Waals surface area contributed by atoms with Gasteiger partial charge in [-0.05, 0) is 27.9 Å². The molecule has 2 rings (SSSR count). The van der Waals surface area contributed by atoms with E-state index in [1.807, 2.05) is 38.2 Å². The van der Waals surface area contributed by atoms with Crippen LogP contribution in [0, 0.1) is 5.92 Å². The molecule has 116 valence electrons. The minimum atomic E-state index is -0.277. The number of thiazole rings is 1. The van der Waals surface area contributed by atoms with E-state index in [0.717, 1.165) is 12.2 Å². The minimum absolute atomic E-state index is 0.0533. The molecule has 1 atom stereocenters. The van der Waals surface area contributed by atoms with Crippen molar-refractivity contribution >= 4 is 28.3 Å². The molecule has 1 aromatic heterocycles. The highest BCUT2D eigenvalue weighted by Gasteiger charge is 2.35. The average molecular weight is 310 g/mol. The summed E-state index contributed by atoms with van der Waals surface area (Å²) in [5.41, 5.74) is 0.937. The number of carbonyl (C=O) groups is 2. The smallest absolute Gasteiger partial charge is 0.231 e. The number of carbonyl (C=O) groups excluding carboxylic acids is 2. The predicted molar refractivity (Wildman–Crippen MR) is 83.1 cm³/mol. The van der Waals surface area contributed by atoms with E-state index in [2.05, 4.69) is 10.3 Å². The molecule has 0 saturated carbocycles. The van der Waals surface area contributed by atoms with Gasteiger partial charge in [-0.25, -0.2) is 4.98 Å². The Bertz CT molecular complexity index is 527. The van der Waals surface area contributed by atoms with E-state index in [1.54, 1.807) is 4.90 Å². The molecular weight excluding hydrogens is 288 g/mol. The first-order chi connectivity index (χ1) is 9.86. The topological polar surface area (TPSA) is 65.5 Å². The Balaban J connectivity index is 1.93. The summed E-state index contributed by atoms with van der Waals surface area (Å²) in [5, 5.41) is 5.37. The van der Waals surface area contributed by atoms with Crippen LogP contribution in [0.4, 0.5) is 5.13 Å². The lowest BCUT2D eigenvalue weighted by molar-refractivity contribution is -0.129. The third-order valence-electron chi connectivity index (χ3n) is 3.41. The van der Waals surface area contributed by atoms with Crippen molar-refractivity contribution in [3.63, 3.8) is 0 Å². The van der Waals surface area contributed by atoms with Crippen molar-refractivity contribution in [2.24, 2.45) is 5.92 Å². The van der Waals surface area contributed by atoms with Gasteiger partial charge in [0.05, 0.1) is 11.6 Å². The van der Waals surface area contributed by atoms with Crippen LogP contribution in [0.1, 0.15) is 26.0 Å². The van der Waals surface area contributed by atoms with Gasteiger partial charge < -0.3 is 15.1 Å². The summed E-state index contributed by atoms with van der Waals surface area (Å²) in [4.78, 5) is 32.2. The van der Waals surface area contributed by atoms with Gasteiger partial charge in [0.1, 0.15) is 0 Å². The zero-order chi connectivity index (χ0) is 15.6. The van der Waals surface area contributed by atoms with E-state index < -0.39 is 0 Å². The summed E-state index contributed by atoms with van der Waals surface area (Å²) in [5.74, 6) is -0.337. The Labute approximate surface area is 129 Å². The lowest BCUT2D eigenvalue weighted by Gasteiger charge is -2.20. The van der Waals surface area contributed by atoms with Crippen LogP contribution in [0.3, 0.4) is 0 Å². The highest BCUT2D eigenvalue weighted by Crippen LogP contribution is 2.23. The van der Waals surface area contributed by atoms with E-state index in [0.29, 0.717) is 18.1 Å². The van der Waals surface area contributed by atoms with Gasteiger partial charge in [-0.15, -0.1) is 11.3 Å². The van der Waals surface area contributed by atoms with Gasteiger partial charge in [0.25, 0.3) is 0 Å². The SMILES string of the molecule is CC(C)N1CC(C(=O)Nc2nc(CN(C)C)cs2)CC1=O. The van der Waals surface area contributed by atoms with Crippen LogP contribution in [-0.2, 0) is 16.1 Å². The molecule has 0 radical (unpaired) electrons. The van der Waals surface area contributed by atoms with E-state index in [9.17, 15) is 9.59 Å². The minimum Gasteiger partial charge on any atom is -0.339 e. The Morgan fingerprint density at radius 2 is 2.29 bits per heavy atom. The second-order valence-corrected chi connectivity index (χ2v) is 6.77. The maximum absolute atomic E-state index is 12.2. The van der Waals surface area contributed by atoms with E-state index in [4.69, 9.17) is 0 Å². The van der Waals surface area contributed by atoms with E-state index >= 15 is 0 Å². The van der Waals surface area contributed by atoms with Crippen LogP contribution < -0.4 is 5.32 Å². The second-order valence-electron chi connectivity index (χ2n) is 5.91. The summed E-state index contributed by atoms with van der Waals surface area (Å²) in [6.07, 6.45) is 0.292. The molecule has 1 unspecified atom stereocenters. The third-order valence-corrected chi connectivity index (χ3v) is 4.22. The molecule has 1 aliphatic rings. The fourth-order valence-electron chi connectivity index (χ4n) is 2.37. The number of aromatic nitrogens is 1. The highest BCUT2D eigenvalue weighted by atomic mass is 32.1. The zero-order valence-corrected chi connectivity index (χ0v) is 13.7. The molecule has 6 nitrogen and oxygen atoms in total. The fraction of sp³-hybridized carbons (Fsp3) is 0.643. The summed E-state index contributed by atoms with van der Waals surface area (Å²) in [6.45, 7) is 5.17. The van der Waals surface area contributed by atoms with Crippen LogP contribution in [-0.4, -0.2) is 53.3 Å². The van der Waals surface area contributed by atoms with Crippen molar-refractivity contribution in [2.45, 2.75) is 32.9 Å². The molecule has 2 heterocycles. The van der Waals surface area contributed by atoms with Crippen LogP contribution in [0.25, 0.3) is 0 Å². The molecule has 21 heavy (non-hydrogen) atoms. The lowest BCUT2D eigenvalue weighted by Crippen LogP contribution is -2.33. The number of hydrogen-bond acceptors (Lipinski definition) is 5. The van der Waals surface area contributed by atoms with Gasteiger partial charge in [-0.1, -0.05) is 0 Å². The van der Waals surface area contributed by atoms with Crippen molar-refractivity contribution in [3.8, 4) is 0 Å². The van der Waals surface area contributed by atoms with Gasteiger partial charge in [-0.2, -0.15) is 0 Å². The average Bonchev–Trinajstić information content (AvgIpc) is 2.95. The molecular formula is C14H22N4O2S. The monoisotopic (exact) mass is 310 g/mol. The standard InChI is InChI=1S/C14H22N4O2S/c1-9(2)18-6-10(5-12(18)19)13(20)16-14-15-11(8-21-14)7-17(3)4/h8-10H,5-7H2,1-4H3,(H,15,16,20). The number of rotatable bonds is 5. The molecule has 1 aromatic rings. The first kappa shape index (κ1) is 15.9.